The molecule has 2 N–H and O–H groups in total. The minimum Gasteiger partial charge on any atom is -0.491 e. The van der Waals surface area contributed by atoms with Gasteiger partial charge in [0, 0.05) is 64.7 Å². The predicted octanol–water partition coefficient (Wildman–Crippen LogP) is 2.73. The number of aromatic nitrogens is 5. The number of fused-ring (bicyclic) bond motifs is 1. The number of nitrogens with two attached hydrogens (primary N) is 1. The molecule has 0 saturated carbocycles. The molecule has 212 valence electrons. The number of piperazine rings is 1. The van der Waals surface area contributed by atoms with Crippen LogP contribution in [-0.2, 0) is 4.74 Å². The summed E-state index contributed by atoms with van der Waals surface area (Å²) < 4.78 is 17.9. The van der Waals surface area contributed by atoms with Crippen LogP contribution in [-0.4, -0.2) is 95.6 Å². The van der Waals surface area contributed by atoms with E-state index in [0.717, 1.165) is 63.5 Å². The summed E-state index contributed by atoms with van der Waals surface area (Å²) in [5.41, 5.74) is 8.61. The van der Waals surface area contributed by atoms with E-state index in [0.29, 0.717) is 42.4 Å². The highest BCUT2D eigenvalue weighted by atomic mass is 16.5. The minimum atomic E-state index is 0.270. The van der Waals surface area contributed by atoms with E-state index in [1.165, 1.54) is 16.6 Å². The van der Waals surface area contributed by atoms with E-state index in [2.05, 4.69) is 54.9 Å². The van der Waals surface area contributed by atoms with Crippen molar-refractivity contribution < 1.29 is 13.9 Å². The molecule has 4 aromatic rings. The maximum absolute atomic E-state index is 6.25. The molecule has 6 rings (SSSR count). The number of benzene rings is 1. The van der Waals surface area contributed by atoms with Crippen molar-refractivity contribution in [1.82, 2.24) is 29.5 Å². The molecule has 40 heavy (non-hydrogen) atoms. The lowest BCUT2D eigenvalue weighted by Gasteiger charge is -2.40. The Morgan fingerprint density at radius 3 is 2.70 bits per heavy atom. The van der Waals surface area contributed by atoms with Crippen molar-refractivity contribution in [2.75, 3.05) is 81.7 Å². The molecular formula is C28H37N9O3. The molecule has 0 bridgehead atoms. The van der Waals surface area contributed by atoms with Gasteiger partial charge in [0.25, 0.3) is 5.78 Å². The van der Waals surface area contributed by atoms with Gasteiger partial charge in [0.2, 0.25) is 17.7 Å². The molecular weight excluding hydrogens is 510 g/mol. The Morgan fingerprint density at radius 1 is 1.02 bits per heavy atom. The van der Waals surface area contributed by atoms with Crippen LogP contribution in [0.3, 0.4) is 0 Å². The Labute approximate surface area is 233 Å². The van der Waals surface area contributed by atoms with E-state index in [4.69, 9.17) is 24.6 Å². The summed E-state index contributed by atoms with van der Waals surface area (Å²) >= 11 is 0. The average Bonchev–Trinajstić information content (AvgIpc) is 3.66. The topological polar surface area (TPSA) is 123 Å². The van der Waals surface area contributed by atoms with Gasteiger partial charge in [-0.1, -0.05) is 6.07 Å². The minimum absolute atomic E-state index is 0.270. The molecule has 0 amide bonds. The maximum Gasteiger partial charge on any atom is 0.259 e. The number of furan rings is 1. The number of nitrogen functional groups attached to an aromatic ring is 1. The maximum atomic E-state index is 6.25. The molecule has 2 fully saturated rings. The summed E-state index contributed by atoms with van der Waals surface area (Å²) in [5.74, 6) is 3.80. The van der Waals surface area contributed by atoms with Crippen LogP contribution in [0.1, 0.15) is 18.4 Å². The lowest BCUT2D eigenvalue weighted by molar-refractivity contribution is 0.146. The molecule has 12 nitrogen and oxygen atoms in total. The number of nitrogens with zero attached hydrogens (tertiary/aromatic N) is 8. The zero-order valence-corrected chi connectivity index (χ0v) is 23.2. The first-order chi connectivity index (χ1) is 19.6. The first-order valence-corrected chi connectivity index (χ1v) is 14.0. The third-order valence-electron chi connectivity index (χ3n) is 7.74. The van der Waals surface area contributed by atoms with Gasteiger partial charge >= 0.3 is 0 Å². The number of rotatable bonds is 9. The average molecular weight is 548 g/mol. The van der Waals surface area contributed by atoms with Crippen molar-refractivity contribution in [2.45, 2.75) is 19.8 Å². The quantitative estimate of drug-likeness (QED) is 0.311. The lowest BCUT2D eigenvalue weighted by atomic mass is 9.97. The van der Waals surface area contributed by atoms with Crippen LogP contribution in [0.4, 0.5) is 17.6 Å². The predicted molar refractivity (Wildman–Crippen MR) is 153 cm³/mol. The van der Waals surface area contributed by atoms with Crippen LogP contribution in [0.2, 0.25) is 0 Å². The van der Waals surface area contributed by atoms with E-state index in [1.807, 2.05) is 6.07 Å². The third kappa shape index (κ3) is 5.68. The Morgan fingerprint density at radius 2 is 1.90 bits per heavy atom. The first-order valence-electron chi connectivity index (χ1n) is 14.0. The SMILES string of the molecule is COCCOc1cc(N2CCN(CC3CCCN(c4nc(N)n5nc(-c6ccco6)nc5n4)C3)CC2)ccc1C. The standard InChI is InChI=1S/C28H37N9O3/c1-20-7-8-22(17-24(20)40-16-15-38-2)35-12-10-34(11-13-35)18-21-5-3-9-36(19-21)27-31-26(29)37-28(32-27)30-25(33-37)23-6-4-14-39-23/h4,6-8,14,17,21H,3,5,9-13,15-16,18-19H2,1-2H3,(H2,29,30,31,32,33). The number of hydrogen-bond donors (Lipinski definition) is 1. The molecule has 0 aliphatic carbocycles. The highest BCUT2D eigenvalue weighted by Crippen LogP contribution is 2.28. The van der Waals surface area contributed by atoms with Crippen LogP contribution in [0.15, 0.2) is 41.0 Å². The van der Waals surface area contributed by atoms with Crippen LogP contribution >= 0.6 is 0 Å². The summed E-state index contributed by atoms with van der Waals surface area (Å²) in [5, 5.41) is 4.41. The molecule has 0 spiro atoms. The van der Waals surface area contributed by atoms with Gasteiger partial charge < -0.3 is 29.4 Å². The van der Waals surface area contributed by atoms with E-state index in [9.17, 15) is 0 Å². The third-order valence-corrected chi connectivity index (χ3v) is 7.74. The first kappa shape index (κ1) is 26.3. The summed E-state index contributed by atoms with van der Waals surface area (Å²) in [6.07, 6.45) is 3.88. The van der Waals surface area contributed by atoms with Gasteiger partial charge in [-0.05, 0) is 49.4 Å². The van der Waals surface area contributed by atoms with Crippen LogP contribution in [0, 0.1) is 12.8 Å². The molecule has 1 unspecified atom stereocenters. The molecule has 2 aliphatic heterocycles. The van der Waals surface area contributed by atoms with Gasteiger partial charge in [-0.3, -0.25) is 4.90 Å². The molecule has 3 aromatic heterocycles. The normalized spacial score (nSPS) is 18.5. The van der Waals surface area contributed by atoms with Crippen molar-refractivity contribution in [3.8, 4) is 17.3 Å². The Hall–Kier alpha value is -3.90. The summed E-state index contributed by atoms with van der Waals surface area (Å²) in [6.45, 7) is 10.2. The van der Waals surface area contributed by atoms with Gasteiger partial charge in [-0.2, -0.15) is 19.5 Å². The number of anilines is 3. The second kappa shape index (κ2) is 11.7. The van der Waals surface area contributed by atoms with Crippen molar-refractivity contribution >= 4 is 23.4 Å². The van der Waals surface area contributed by atoms with Crippen molar-refractivity contribution in [3.05, 3.63) is 42.2 Å². The smallest absolute Gasteiger partial charge is 0.259 e. The van der Waals surface area contributed by atoms with Gasteiger partial charge in [-0.15, -0.1) is 5.10 Å². The van der Waals surface area contributed by atoms with Gasteiger partial charge in [0.15, 0.2) is 5.76 Å². The molecule has 2 aliphatic rings. The fourth-order valence-electron chi connectivity index (χ4n) is 5.57. The van der Waals surface area contributed by atoms with Gasteiger partial charge in [0.05, 0.1) is 12.9 Å². The molecule has 12 heteroatoms. The summed E-state index contributed by atoms with van der Waals surface area (Å²) in [6, 6.07) is 10.1. The number of methoxy groups -OCH3 is 1. The zero-order valence-electron chi connectivity index (χ0n) is 23.2. The number of ether oxygens (including phenoxy) is 2. The van der Waals surface area contributed by atoms with Crippen molar-refractivity contribution in [2.24, 2.45) is 5.92 Å². The van der Waals surface area contributed by atoms with Crippen molar-refractivity contribution in [1.29, 1.82) is 0 Å². The number of hydrogen-bond acceptors (Lipinski definition) is 11. The molecule has 1 aromatic carbocycles. The number of piperidine rings is 1. The highest BCUT2D eigenvalue weighted by molar-refractivity contribution is 5.54. The Kier molecular flexibility index (Phi) is 7.69. The fraction of sp³-hybridized carbons (Fsp3) is 0.500. The second-order valence-electron chi connectivity index (χ2n) is 10.5. The fourth-order valence-corrected chi connectivity index (χ4v) is 5.57. The second-order valence-corrected chi connectivity index (χ2v) is 10.5. The highest BCUT2D eigenvalue weighted by Gasteiger charge is 2.27. The lowest BCUT2D eigenvalue weighted by Crippen LogP contribution is -2.49. The van der Waals surface area contributed by atoms with Crippen LogP contribution in [0.5, 0.6) is 5.75 Å². The Balaban J connectivity index is 1.06. The van der Waals surface area contributed by atoms with Gasteiger partial charge in [-0.25, -0.2) is 0 Å². The van der Waals surface area contributed by atoms with Crippen LogP contribution in [0.25, 0.3) is 17.4 Å². The Bertz CT molecular complexity index is 1420. The van der Waals surface area contributed by atoms with Gasteiger partial charge in [0.1, 0.15) is 12.4 Å². The summed E-state index contributed by atoms with van der Waals surface area (Å²) in [4.78, 5) is 21.1. The van der Waals surface area contributed by atoms with E-state index in [1.54, 1.807) is 19.4 Å². The largest absolute Gasteiger partial charge is 0.491 e. The zero-order chi connectivity index (χ0) is 27.5. The van der Waals surface area contributed by atoms with Crippen LogP contribution < -0.4 is 20.3 Å². The van der Waals surface area contributed by atoms with Crippen molar-refractivity contribution in [3.63, 3.8) is 0 Å². The van der Waals surface area contributed by atoms with E-state index < -0.39 is 0 Å². The molecule has 2 saturated heterocycles. The summed E-state index contributed by atoms with van der Waals surface area (Å²) in [7, 11) is 1.69. The van der Waals surface area contributed by atoms with E-state index in [-0.39, 0.29) is 5.95 Å². The van der Waals surface area contributed by atoms with E-state index >= 15 is 0 Å². The number of aryl methyl sites for hydroxylation is 1. The monoisotopic (exact) mass is 547 g/mol. The molecule has 1 atom stereocenters. The molecule has 5 heterocycles. The molecule has 0 radical (unpaired) electrons.